The lowest BCUT2D eigenvalue weighted by atomic mass is 9.83. The second kappa shape index (κ2) is 16.2. The Morgan fingerprint density at radius 3 is 2.42 bits per heavy atom. The standard InChI is InChI=1S/C46H50N4/c1-6-33(39(30-40(47)31(2)3)38-26-25-34-27-28-41(32(4)5)48-43(34)29-38)23-16-24-42-44(35-17-10-7-11-18-35)50-46(37-21-14-9-15-22-37)45(49-42)36-19-12-8-13-20-36/h6-8,10-14,16-17,19-32,34-35,42-44,47H,1,9,15,18H2,2-5H3/b24-16+,33-23+,39-30-,47-40?/t34-,35?,42?,43?,44?/m0/s1. The summed E-state index contributed by atoms with van der Waals surface area (Å²) in [5.41, 5.74) is 8.89. The summed E-state index contributed by atoms with van der Waals surface area (Å²) in [7, 11) is 0. The van der Waals surface area contributed by atoms with Crippen molar-refractivity contribution in [3.8, 4) is 0 Å². The minimum Gasteiger partial charge on any atom is -0.305 e. The van der Waals surface area contributed by atoms with Gasteiger partial charge in [0.1, 0.15) is 0 Å². The largest absolute Gasteiger partial charge is 0.305 e. The number of hydrogen-bond donors (Lipinski definition) is 1. The average molecular weight is 659 g/mol. The minimum absolute atomic E-state index is 0.0378. The molecule has 0 saturated carbocycles. The highest BCUT2D eigenvalue weighted by Gasteiger charge is 2.33. The summed E-state index contributed by atoms with van der Waals surface area (Å²) in [5.74, 6) is 0.966. The number of hydrogen-bond acceptors (Lipinski definition) is 4. The summed E-state index contributed by atoms with van der Waals surface area (Å²) >= 11 is 0. The van der Waals surface area contributed by atoms with Crippen LogP contribution in [-0.2, 0) is 0 Å². The molecule has 5 atom stereocenters. The predicted octanol–water partition coefficient (Wildman–Crippen LogP) is 10.5. The third kappa shape index (κ3) is 8.08. The fourth-order valence-corrected chi connectivity index (χ4v) is 6.86. The highest BCUT2D eigenvalue weighted by atomic mass is 15.0. The van der Waals surface area contributed by atoms with Crippen LogP contribution in [-0.4, -0.2) is 41.0 Å². The van der Waals surface area contributed by atoms with Crippen molar-refractivity contribution in [3.63, 3.8) is 0 Å². The third-order valence-electron chi connectivity index (χ3n) is 9.87. The fraction of sp³-hybridized carbons (Fsp3) is 0.304. The first-order valence-electron chi connectivity index (χ1n) is 18.2. The second-order valence-electron chi connectivity index (χ2n) is 14.2. The first-order valence-corrected chi connectivity index (χ1v) is 18.2. The Morgan fingerprint density at radius 1 is 0.900 bits per heavy atom. The summed E-state index contributed by atoms with van der Waals surface area (Å²) in [5, 5.41) is 8.82. The van der Waals surface area contributed by atoms with Gasteiger partial charge in [-0.2, -0.15) is 0 Å². The zero-order valence-corrected chi connectivity index (χ0v) is 29.9. The molecule has 4 nitrogen and oxygen atoms in total. The van der Waals surface area contributed by atoms with Crippen LogP contribution in [0.1, 0.15) is 52.5 Å². The Morgan fingerprint density at radius 2 is 1.72 bits per heavy atom. The lowest BCUT2D eigenvalue weighted by Gasteiger charge is -2.32. The molecule has 1 N–H and O–H groups in total. The molecule has 2 heterocycles. The lowest BCUT2D eigenvalue weighted by Crippen LogP contribution is -2.37. The molecule has 4 heteroatoms. The summed E-state index contributed by atoms with van der Waals surface area (Å²) in [4.78, 5) is 16.1. The van der Waals surface area contributed by atoms with Crippen molar-refractivity contribution >= 4 is 22.8 Å². The van der Waals surface area contributed by atoms with Crippen molar-refractivity contribution in [1.29, 1.82) is 5.41 Å². The molecular formula is C46H50N4. The first kappa shape index (κ1) is 34.9. The SMILES string of the molecule is C=CC(=C\C=C\C1N=C(c2ccccc2)C(C2=CCCC=C2)=NC1C1C=CC=CC1)/C(=C/C(=N)C(C)C)C1=CC2N=C(C(C)C)C=C[C@@H]2C=C1. The lowest BCUT2D eigenvalue weighted by molar-refractivity contribution is 0.465. The molecule has 2 aliphatic heterocycles. The number of aliphatic imine (C=N–C) groups is 3. The Hall–Kier alpha value is -4.96. The van der Waals surface area contributed by atoms with E-state index in [1.807, 2.05) is 18.2 Å². The van der Waals surface area contributed by atoms with Gasteiger partial charge in [-0.05, 0) is 65.5 Å². The number of nitrogens with one attached hydrogen (secondary N) is 1. The summed E-state index contributed by atoms with van der Waals surface area (Å²) < 4.78 is 0. The van der Waals surface area contributed by atoms with E-state index in [1.54, 1.807) is 0 Å². The molecule has 6 rings (SSSR count). The highest BCUT2D eigenvalue weighted by Crippen LogP contribution is 2.33. The number of nitrogens with zero attached hydrogens (tertiary/aromatic N) is 3. The maximum absolute atomic E-state index is 8.82. The van der Waals surface area contributed by atoms with Gasteiger partial charge in [0.2, 0.25) is 0 Å². The molecule has 0 radical (unpaired) electrons. The summed E-state index contributed by atoms with van der Waals surface area (Å²) in [6, 6.07) is 10.3. The van der Waals surface area contributed by atoms with Crippen LogP contribution in [0.2, 0.25) is 0 Å². The molecule has 50 heavy (non-hydrogen) atoms. The predicted molar refractivity (Wildman–Crippen MR) is 215 cm³/mol. The van der Waals surface area contributed by atoms with Gasteiger partial charge in [-0.3, -0.25) is 15.0 Å². The van der Waals surface area contributed by atoms with Crippen molar-refractivity contribution in [2.24, 2.45) is 38.6 Å². The van der Waals surface area contributed by atoms with Gasteiger partial charge in [-0.15, -0.1) is 0 Å². The smallest absolute Gasteiger partial charge is 0.0920 e. The average Bonchev–Trinajstić information content (AvgIpc) is 3.16. The van der Waals surface area contributed by atoms with E-state index in [2.05, 4.69) is 150 Å². The molecule has 0 aromatic heterocycles. The third-order valence-corrected chi connectivity index (χ3v) is 9.87. The normalized spacial score (nSPS) is 26.4. The van der Waals surface area contributed by atoms with E-state index in [1.165, 1.54) is 0 Å². The van der Waals surface area contributed by atoms with Crippen LogP contribution in [0.15, 0.2) is 177 Å². The van der Waals surface area contributed by atoms with Crippen molar-refractivity contribution in [3.05, 3.63) is 168 Å². The molecule has 0 saturated heterocycles. The summed E-state index contributed by atoms with van der Waals surface area (Å²) in [6.07, 6.45) is 40.0. The van der Waals surface area contributed by atoms with Crippen LogP contribution in [0, 0.1) is 29.1 Å². The van der Waals surface area contributed by atoms with Gasteiger partial charge in [-0.25, -0.2) is 0 Å². The molecule has 0 fully saturated rings. The molecule has 0 bridgehead atoms. The van der Waals surface area contributed by atoms with E-state index in [0.29, 0.717) is 11.6 Å². The van der Waals surface area contributed by atoms with Crippen molar-refractivity contribution < 1.29 is 0 Å². The topological polar surface area (TPSA) is 60.9 Å². The molecule has 0 amide bonds. The number of allylic oxidation sites excluding steroid dienone is 16. The van der Waals surface area contributed by atoms with Gasteiger partial charge in [0, 0.05) is 28.8 Å². The monoisotopic (exact) mass is 658 g/mol. The van der Waals surface area contributed by atoms with Crippen LogP contribution in [0.3, 0.4) is 0 Å². The zero-order chi connectivity index (χ0) is 35.0. The van der Waals surface area contributed by atoms with Crippen LogP contribution < -0.4 is 0 Å². The Balaban J connectivity index is 1.38. The molecule has 1 aromatic rings. The molecule has 4 unspecified atom stereocenters. The van der Waals surface area contributed by atoms with Crippen molar-refractivity contribution in [1.82, 2.24) is 0 Å². The Bertz CT molecular complexity index is 1870. The number of benzene rings is 1. The van der Waals surface area contributed by atoms with Crippen LogP contribution in [0.25, 0.3) is 0 Å². The Kier molecular flexibility index (Phi) is 11.3. The van der Waals surface area contributed by atoms with Crippen LogP contribution >= 0.6 is 0 Å². The van der Waals surface area contributed by atoms with E-state index >= 15 is 0 Å². The van der Waals surface area contributed by atoms with Gasteiger partial charge < -0.3 is 5.41 Å². The van der Waals surface area contributed by atoms with Gasteiger partial charge in [0.05, 0.1) is 29.5 Å². The van der Waals surface area contributed by atoms with E-state index in [4.69, 9.17) is 20.4 Å². The van der Waals surface area contributed by atoms with E-state index in [0.717, 1.165) is 64.3 Å². The van der Waals surface area contributed by atoms with Crippen molar-refractivity contribution in [2.45, 2.75) is 65.1 Å². The number of fused-ring (bicyclic) bond motifs is 1. The van der Waals surface area contributed by atoms with Gasteiger partial charge in [0.15, 0.2) is 0 Å². The second-order valence-corrected chi connectivity index (χ2v) is 14.2. The first-order chi connectivity index (χ1) is 24.3. The van der Waals surface area contributed by atoms with Crippen LogP contribution in [0.5, 0.6) is 0 Å². The maximum atomic E-state index is 8.82. The minimum atomic E-state index is -0.153. The molecule has 5 aliphatic rings. The molecule has 254 valence electrons. The Labute approximate surface area is 299 Å². The van der Waals surface area contributed by atoms with E-state index in [-0.39, 0.29) is 35.9 Å². The molecular weight excluding hydrogens is 609 g/mol. The van der Waals surface area contributed by atoms with Crippen molar-refractivity contribution in [2.75, 3.05) is 0 Å². The van der Waals surface area contributed by atoms with Crippen LogP contribution in [0.4, 0.5) is 0 Å². The maximum Gasteiger partial charge on any atom is 0.0920 e. The quantitative estimate of drug-likeness (QED) is 0.182. The molecule has 1 aromatic carbocycles. The summed E-state index contributed by atoms with van der Waals surface area (Å²) in [6.45, 7) is 12.7. The fourth-order valence-electron chi connectivity index (χ4n) is 6.86. The van der Waals surface area contributed by atoms with Gasteiger partial charge >= 0.3 is 0 Å². The van der Waals surface area contributed by atoms with E-state index in [9.17, 15) is 0 Å². The number of rotatable bonds is 11. The van der Waals surface area contributed by atoms with Gasteiger partial charge in [0.25, 0.3) is 0 Å². The highest BCUT2D eigenvalue weighted by molar-refractivity contribution is 6.54. The van der Waals surface area contributed by atoms with E-state index < -0.39 is 0 Å². The van der Waals surface area contributed by atoms with Gasteiger partial charge in [-0.1, -0.05) is 156 Å². The number of dihydropyridines is 1. The molecule has 0 spiro atoms. The molecule has 3 aliphatic carbocycles. The zero-order valence-electron chi connectivity index (χ0n) is 29.9.